The van der Waals surface area contributed by atoms with E-state index in [9.17, 15) is 0 Å². The summed E-state index contributed by atoms with van der Waals surface area (Å²) in [7, 11) is 0. The van der Waals surface area contributed by atoms with Crippen LogP contribution in [0.15, 0.2) is 18.3 Å². The fraction of sp³-hybridized carbons (Fsp3) is 0.444. The molecule has 1 aromatic rings. The lowest BCUT2D eigenvalue weighted by Gasteiger charge is -1.94. The highest BCUT2D eigenvalue weighted by Gasteiger charge is 2.20. The molecular formula is C9H10N. The highest BCUT2D eigenvalue weighted by Crippen LogP contribution is 2.32. The average Bonchev–Trinajstić information content (AvgIpc) is 2.74. The van der Waals surface area contributed by atoms with Crippen LogP contribution in [0.3, 0.4) is 0 Å². The lowest BCUT2D eigenvalue weighted by molar-refractivity contribution is 0.830. The van der Waals surface area contributed by atoms with E-state index in [4.69, 9.17) is 0 Å². The maximum atomic E-state index is 3.85. The van der Waals surface area contributed by atoms with Crippen molar-refractivity contribution in [2.75, 3.05) is 0 Å². The summed E-state index contributed by atoms with van der Waals surface area (Å²) in [6.45, 7) is 0. The molecule has 1 nitrogen and oxygen atoms in total. The first-order valence-corrected chi connectivity index (χ1v) is 3.76. The minimum absolute atomic E-state index is 0.968. The molecular weight excluding hydrogens is 122 g/mol. The lowest BCUT2D eigenvalue weighted by atomic mass is 10.1. The topological polar surface area (TPSA) is 12.9 Å². The number of aromatic nitrogens is 1. The van der Waals surface area contributed by atoms with E-state index in [0.29, 0.717) is 0 Å². The molecule has 0 bridgehead atoms. The molecule has 0 N–H and O–H groups in total. The molecule has 1 aliphatic rings. The largest absolute Gasteiger partial charge is 0.255 e. The van der Waals surface area contributed by atoms with Crippen LogP contribution in [0.4, 0.5) is 0 Å². The summed E-state index contributed by atoms with van der Waals surface area (Å²) in [5, 5.41) is 0. The number of nitrogens with zero attached hydrogens (tertiary/aromatic N) is 1. The van der Waals surface area contributed by atoms with E-state index in [0.717, 1.165) is 5.92 Å². The van der Waals surface area contributed by atoms with E-state index < -0.39 is 0 Å². The second-order valence-corrected chi connectivity index (χ2v) is 2.94. The Balaban J connectivity index is 2.03. The predicted molar refractivity (Wildman–Crippen MR) is 39.5 cm³/mol. The van der Waals surface area contributed by atoms with Crippen molar-refractivity contribution in [2.24, 2.45) is 5.92 Å². The van der Waals surface area contributed by atoms with Crippen molar-refractivity contribution < 1.29 is 0 Å². The van der Waals surface area contributed by atoms with Crippen LogP contribution in [0.5, 0.6) is 0 Å². The number of hydrogen-bond donors (Lipinski definition) is 0. The van der Waals surface area contributed by atoms with E-state index in [2.05, 4.69) is 17.2 Å². The van der Waals surface area contributed by atoms with Gasteiger partial charge in [0.2, 0.25) is 0 Å². The first-order chi connectivity index (χ1) is 4.95. The van der Waals surface area contributed by atoms with Gasteiger partial charge in [-0.25, -0.2) is 0 Å². The van der Waals surface area contributed by atoms with Gasteiger partial charge in [-0.3, -0.25) is 4.98 Å². The Labute approximate surface area is 61.1 Å². The Morgan fingerprint density at radius 1 is 1.60 bits per heavy atom. The van der Waals surface area contributed by atoms with Crippen LogP contribution in [0.2, 0.25) is 0 Å². The summed E-state index contributed by atoms with van der Waals surface area (Å²) in [4.78, 5) is 3.85. The lowest BCUT2D eigenvalue weighted by Crippen LogP contribution is -1.85. The minimum atomic E-state index is 0.968. The summed E-state index contributed by atoms with van der Waals surface area (Å²) in [6.07, 6.45) is 8.73. The molecule has 0 spiro atoms. The molecule has 0 aliphatic heterocycles. The highest BCUT2D eigenvalue weighted by atomic mass is 14.6. The standard InChI is InChI=1S/C9H10N/c1-2-8(1)7-9-3-5-10-6-4-9/h3-5,8H,1-2,7H2. The summed E-state index contributed by atoms with van der Waals surface area (Å²) in [5.41, 5.74) is 1.39. The molecule has 1 radical (unpaired) electrons. The third kappa shape index (κ3) is 1.35. The van der Waals surface area contributed by atoms with Crippen LogP contribution in [-0.4, -0.2) is 4.98 Å². The van der Waals surface area contributed by atoms with E-state index in [1.807, 2.05) is 12.3 Å². The van der Waals surface area contributed by atoms with E-state index in [1.165, 1.54) is 24.8 Å². The Kier molecular flexibility index (Phi) is 1.42. The van der Waals surface area contributed by atoms with Gasteiger partial charge in [-0.05, 0) is 42.9 Å². The van der Waals surface area contributed by atoms with E-state index in [1.54, 1.807) is 0 Å². The van der Waals surface area contributed by atoms with Crippen molar-refractivity contribution in [1.29, 1.82) is 0 Å². The van der Waals surface area contributed by atoms with Crippen LogP contribution in [0.1, 0.15) is 18.4 Å². The fourth-order valence-electron chi connectivity index (χ4n) is 1.13. The molecule has 1 heteroatoms. The van der Waals surface area contributed by atoms with Gasteiger partial charge in [-0.2, -0.15) is 0 Å². The zero-order valence-corrected chi connectivity index (χ0v) is 5.88. The van der Waals surface area contributed by atoms with E-state index in [-0.39, 0.29) is 0 Å². The van der Waals surface area contributed by atoms with Gasteiger partial charge < -0.3 is 0 Å². The van der Waals surface area contributed by atoms with Crippen molar-refractivity contribution in [3.8, 4) is 0 Å². The molecule has 0 unspecified atom stereocenters. The van der Waals surface area contributed by atoms with Crippen molar-refractivity contribution >= 4 is 0 Å². The average molecular weight is 132 g/mol. The predicted octanol–water partition coefficient (Wildman–Crippen LogP) is 1.83. The van der Waals surface area contributed by atoms with Gasteiger partial charge >= 0.3 is 0 Å². The Morgan fingerprint density at radius 3 is 3.10 bits per heavy atom. The molecule has 0 aromatic carbocycles. The van der Waals surface area contributed by atoms with Crippen molar-refractivity contribution in [1.82, 2.24) is 4.98 Å². The van der Waals surface area contributed by atoms with Gasteiger partial charge in [0.25, 0.3) is 0 Å². The molecule has 0 amide bonds. The second-order valence-electron chi connectivity index (χ2n) is 2.94. The van der Waals surface area contributed by atoms with Crippen molar-refractivity contribution in [3.05, 3.63) is 30.1 Å². The zero-order chi connectivity index (χ0) is 6.81. The maximum Gasteiger partial charge on any atom is 0.0888 e. The normalized spacial score (nSPS) is 17.2. The quantitative estimate of drug-likeness (QED) is 0.598. The van der Waals surface area contributed by atoms with E-state index >= 15 is 0 Å². The van der Waals surface area contributed by atoms with Gasteiger partial charge in [0.05, 0.1) is 6.20 Å². The molecule has 0 saturated heterocycles. The Morgan fingerprint density at radius 2 is 2.50 bits per heavy atom. The third-order valence-corrected chi connectivity index (χ3v) is 1.91. The maximum absolute atomic E-state index is 3.85. The Bertz CT molecular complexity index is 201. The van der Waals surface area contributed by atoms with Crippen LogP contribution >= 0.6 is 0 Å². The van der Waals surface area contributed by atoms with Crippen LogP contribution in [0, 0.1) is 12.1 Å². The molecule has 1 saturated carbocycles. The molecule has 51 valence electrons. The molecule has 10 heavy (non-hydrogen) atoms. The molecule has 1 aromatic heterocycles. The fourth-order valence-corrected chi connectivity index (χ4v) is 1.13. The van der Waals surface area contributed by atoms with Crippen LogP contribution in [0.25, 0.3) is 0 Å². The summed E-state index contributed by atoms with van der Waals surface area (Å²) in [6, 6.07) is 4.06. The summed E-state index contributed by atoms with van der Waals surface area (Å²) >= 11 is 0. The third-order valence-electron chi connectivity index (χ3n) is 1.91. The minimum Gasteiger partial charge on any atom is -0.255 e. The molecule has 0 atom stereocenters. The molecule has 2 rings (SSSR count). The van der Waals surface area contributed by atoms with Gasteiger partial charge in [-0.15, -0.1) is 0 Å². The molecule has 1 fully saturated rings. The van der Waals surface area contributed by atoms with Gasteiger partial charge in [0, 0.05) is 6.20 Å². The number of pyridine rings is 1. The van der Waals surface area contributed by atoms with Crippen LogP contribution in [-0.2, 0) is 6.42 Å². The Hall–Kier alpha value is -0.850. The van der Waals surface area contributed by atoms with Crippen LogP contribution < -0.4 is 0 Å². The summed E-state index contributed by atoms with van der Waals surface area (Å²) < 4.78 is 0. The van der Waals surface area contributed by atoms with Gasteiger partial charge in [0.1, 0.15) is 0 Å². The number of rotatable bonds is 2. The first-order valence-electron chi connectivity index (χ1n) is 3.76. The monoisotopic (exact) mass is 132 g/mol. The SMILES string of the molecule is [c]1cc(CC2CC2)ccn1. The highest BCUT2D eigenvalue weighted by molar-refractivity contribution is 5.10. The summed E-state index contributed by atoms with van der Waals surface area (Å²) in [5.74, 6) is 0.968. The zero-order valence-electron chi connectivity index (χ0n) is 5.88. The van der Waals surface area contributed by atoms with Crippen molar-refractivity contribution in [3.63, 3.8) is 0 Å². The van der Waals surface area contributed by atoms with Gasteiger partial charge in [0.15, 0.2) is 0 Å². The first kappa shape index (κ1) is 5.90. The van der Waals surface area contributed by atoms with Gasteiger partial charge in [-0.1, -0.05) is 0 Å². The molecule has 1 heterocycles. The number of hydrogen-bond acceptors (Lipinski definition) is 1. The van der Waals surface area contributed by atoms with Crippen molar-refractivity contribution in [2.45, 2.75) is 19.3 Å². The smallest absolute Gasteiger partial charge is 0.0888 e. The molecule has 1 aliphatic carbocycles. The second kappa shape index (κ2) is 2.41.